The van der Waals surface area contributed by atoms with Gasteiger partial charge in [-0.1, -0.05) is 30.3 Å². The summed E-state index contributed by atoms with van der Waals surface area (Å²) < 4.78 is 19.7. The van der Waals surface area contributed by atoms with E-state index in [-0.39, 0.29) is 11.7 Å². The van der Waals surface area contributed by atoms with E-state index < -0.39 is 5.60 Å². The third-order valence-corrected chi connectivity index (χ3v) is 6.36. The minimum absolute atomic E-state index is 0.273. The number of hydrogen-bond acceptors (Lipinski definition) is 3. The summed E-state index contributed by atoms with van der Waals surface area (Å²) in [5.41, 5.74) is 3.20. The second-order valence-corrected chi connectivity index (χ2v) is 8.67. The number of carbonyl (C=O) groups excluding carboxylic acids is 1. The van der Waals surface area contributed by atoms with Crippen LogP contribution in [0.2, 0.25) is 0 Å². The van der Waals surface area contributed by atoms with Gasteiger partial charge in [0.05, 0.1) is 11.3 Å². The molecule has 2 aromatic carbocycles. The fraction of sp³-hybridized carbons (Fsp3) is 0.125. The van der Waals surface area contributed by atoms with E-state index in [9.17, 15) is 9.18 Å². The van der Waals surface area contributed by atoms with E-state index in [1.54, 1.807) is 17.4 Å². The molecule has 0 saturated heterocycles. The Morgan fingerprint density at radius 2 is 1.76 bits per heavy atom. The highest BCUT2D eigenvalue weighted by Gasteiger charge is 2.38. The molecule has 2 aliphatic heterocycles. The Balaban J connectivity index is 1.59. The normalized spacial score (nSPS) is 19.6. The maximum atomic E-state index is 13.5. The third kappa shape index (κ3) is 2.98. The summed E-state index contributed by atoms with van der Waals surface area (Å²) in [4.78, 5) is 14.9. The number of allylic oxidation sites excluding steroid dienone is 1. The fourth-order valence-corrected chi connectivity index (χ4v) is 4.96. The van der Waals surface area contributed by atoms with Gasteiger partial charge in [0.2, 0.25) is 0 Å². The van der Waals surface area contributed by atoms with Gasteiger partial charge in [0, 0.05) is 20.9 Å². The van der Waals surface area contributed by atoms with Crippen molar-refractivity contribution in [3.8, 4) is 10.4 Å². The minimum atomic E-state index is -0.579. The highest BCUT2D eigenvalue weighted by Crippen LogP contribution is 2.46. The Kier molecular flexibility index (Phi) is 3.96. The number of carbonyl (C=O) groups is 1. The van der Waals surface area contributed by atoms with Gasteiger partial charge >= 0.3 is 0 Å². The van der Waals surface area contributed by atoms with Crippen molar-refractivity contribution in [3.05, 3.63) is 88.8 Å². The van der Waals surface area contributed by atoms with Crippen LogP contribution in [0.4, 0.5) is 10.1 Å². The molecule has 3 nitrogen and oxygen atoms in total. The first kappa shape index (κ1) is 17.9. The lowest BCUT2D eigenvalue weighted by Crippen LogP contribution is -2.20. The molecule has 0 bridgehead atoms. The van der Waals surface area contributed by atoms with Crippen LogP contribution in [0.25, 0.3) is 21.6 Å². The molecule has 5 heteroatoms. The first-order chi connectivity index (χ1) is 13.9. The maximum Gasteiger partial charge on any atom is 0.260 e. The zero-order chi connectivity index (χ0) is 20.2. The molecule has 0 fully saturated rings. The molecule has 0 radical (unpaired) electrons. The molecular weight excluding hydrogens is 385 g/mol. The maximum absolute atomic E-state index is 13.5. The van der Waals surface area contributed by atoms with Crippen molar-refractivity contribution in [1.29, 1.82) is 0 Å². The quantitative estimate of drug-likeness (QED) is 0.524. The van der Waals surface area contributed by atoms with Crippen molar-refractivity contribution >= 4 is 34.1 Å². The Morgan fingerprint density at radius 1 is 1.00 bits per heavy atom. The lowest BCUT2D eigenvalue weighted by atomic mass is 9.97. The molecule has 0 unspecified atom stereocenters. The SMILES string of the molecule is CC1(C)OC(=C2C(=O)Nc3cc(F)ccc32)C=C1c1ccc(-c2ccccc2)s1. The number of amides is 1. The number of ether oxygens (including phenoxy) is 1. The van der Waals surface area contributed by atoms with E-state index in [1.165, 1.54) is 22.6 Å². The second kappa shape index (κ2) is 6.42. The number of anilines is 1. The van der Waals surface area contributed by atoms with Crippen molar-refractivity contribution in [2.24, 2.45) is 0 Å². The molecule has 0 saturated carbocycles. The number of rotatable bonds is 2. The van der Waals surface area contributed by atoms with Crippen LogP contribution in [0, 0.1) is 5.82 Å². The molecule has 1 N–H and O–H groups in total. The lowest BCUT2D eigenvalue weighted by molar-refractivity contribution is -0.111. The molecule has 3 aromatic rings. The molecule has 2 aliphatic rings. The van der Waals surface area contributed by atoms with Gasteiger partial charge < -0.3 is 10.1 Å². The Hall–Kier alpha value is -3.18. The summed E-state index contributed by atoms with van der Waals surface area (Å²) in [6.45, 7) is 3.99. The molecule has 1 amide bonds. The molecule has 0 atom stereocenters. The van der Waals surface area contributed by atoms with Crippen LogP contribution in [-0.4, -0.2) is 11.5 Å². The van der Waals surface area contributed by atoms with Crippen LogP contribution in [0.5, 0.6) is 0 Å². The van der Waals surface area contributed by atoms with Crippen molar-refractivity contribution in [2.45, 2.75) is 19.4 Å². The Labute approximate surface area is 172 Å². The highest BCUT2D eigenvalue weighted by atomic mass is 32.1. The molecule has 29 heavy (non-hydrogen) atoms. The third-order valence-electron chi connectivity index (χ3n) is 5.19. The number of halogens is 1. The summed E-state index contributed by atoms with van der Waals surface area (Å²) in [7, 11) is 0. The van der Waals surface area contributed by atoms with Crippen LogP contribution in [-0.2, 0) is 9.53 Å². The number of hydrogen-bond donors (Lipinski definition) is 1. The van der Waals surface area contributed by atoms with Crippen molar-refractivity contribution in [1.82, 2.24) is 0 Å². The van der Waals surface area contributed by atoms with E-state index in [4.69, 9.17) is 4.74 Å². The lowest BCUT2D eigenvalue weighted by Gasteiger charge is -2.22. The van der Waals surface area contributed by atoms with E-state index in [0.717, 1.165) is 10.5 Å². The summed E-state index contributed by atoms with van der Waals surface area (Å²) in [5.74, 6) is -0.140. The molecule has 1 aromatic heterocycles. The number of nitrogens with one attached hydrogen (secondary N) is 1. The van der Waals surface area contributed by atoms with Gasteiger partial charge in [-0.2, -0.15) is 0 Å². The van der Waals surface area contributed by atoms with Gasteiger partial charge in [0.15, 0.2) is 0 Å². The van der Waals surface area contributed by atoms with Gasteiger partial charge in [0.25, 0.3) is 5.91 Å². The summed E-state index contributed by atoms with van der Waals surface area (Å²) in [6, 6.07) is 18.7. The minimum Gasteiger partial charge on any atom is -0.482 e. The van der Waals surface area contributed by atoms with E-state index in [1.807, 2.05) is 38.1 Å². The zero-order valence-corrected chi connectivity index (χ0v) is 16.8. The van der Waals surface area contributed by atoms with Crippen LogP contribution in [0.15, 0.2) is 72.5 Å². The van der Waals surface area contributed by atoms with Gasteiger partial charge in [-0.15, -0.1) is 11.3 Å². The van der Waals surface area contributed by atoms with Gasteiger partial charge in [0.1, 0.15) is 17.2 Å². The topological polar surface area (TPSA) is 38.3 Å². The number of benzene rings is 2. The van der Waals surface area contributed by atoms with Crippen molar-refractivity contribution in [3.63, 3.8) is 0 Å². The Bertz CT molecular complexity index is 1200. The molecule has 0 aliphatic carbocycles. The first-order valence-corrected chi connectivity index (χ1v) is 10.2. The first-order valence-electron chi connectivity index (χ1n) is 9.35. The van der Waals surface area contributed by atoms with E-state index >= 15 is 0 Å². The second-order valence-electron chi connectivity index (χ2n) is 7.58. The number of fused-ring (bicyclic) bond motifs is 1. The average Bonchev–Trinajstić information content (AvgIpc) is 3.36. The van der Waals surface area contributed by atoms with Crippen molar-refractivity contribution in [2.75, 3.05) is 5.32 Å². The number of thiophene rings is 1. The van der Waals surface area contributed by atoms with Gasteiger partial charge in [-0.3, -0.25) is 4.79 Å². The molecule has 0 spiro atoms. The van der Waals surface area contributed by atoms with Crippen LogP contribution >= 0.6 is 11.3 Å². The predicted octanol–water partition coefficient (Wildman–Crippen LogP) is 6.11. The van der Waals surface area contributed by atoms with Crippen molar-refractivity contribution < 1.29 is 13.9 Å². The molecule has 5 rings (SSSR count). The summed E-state index contributed by atoms with van der Waals surface area (Å²) in [6.07, 6.45) is 1.94. The smallest absolute Gasteiger partial charge is 0.260 e. The monoisotopic (exact) mass is 403 g/mol. The predicted molar refractivity (Wildman–Crippen MR) is 115 cm³/mol. The van der Waals surface area contributed by atoms with Gasteiger partial charge in [-0.25, -0.2) is 4.39 Å². The van der Waals surface area contributed by atoms with E-state index in [0.29, 0.717) is 22.6 Å². The molecule has 3 heterocycles. The van der Waals surface area contributed by atoms with Gasteiger partial charge in [-0.05, 0) is 55.8 Å². The van der Waals surface area contributed by atoms with Crippen LogP contribution in [0.1, 0.15) is 24.3 Å². The van der Waals surface area contributed by atoms with Crippen LogP contribution < -0.4 is 5.32 Å². The fourth-order valence-electron chi connectivity index (χ4n) is 3.79. The largest absolute Gasteiger partial charge is 0.482 e. The molecule has 144 valence electrons. The zero-order valence-electron chi connectivity index (χ0n) is 16.0. The average molecular weight is 403 g/mol. The van der Waals surface area contributed by atoms with E-state index in [2.05, 4.69) is 29.6 Å². The molecular formula is C24H18FNO2S. The highest BCUT2D eigenvalue weighted by molar-refractivity contribution is 7.16. The standard InChI is InChI=1S/C24H18FNO2S/c1-24(2)17(21-11-10-20(29-21)14-6-4-3-5-7-14)13-19(28-24)22-16-9-8-15(25)12-18(16)26-23(22)27/h3-13H,1-2H3,(H,26,27). The Morgan fingerprint density at radius 3 is 2.55 bits per heavy atom. The van der Waals surface area contributed by atoms with Crippen LogP contribution in [0.3, 0.4) is 0 Å². The summed E-state index contributed by atoms with van der Waals surface area (Å²) >= 11 is 1.70. The summed E-state index contributed by atoms with van der Waals surface area (Å²) in [5, 5.41) is 2.73.